The molecule has 0 aliphatic carbocycles. The Morgan fingerprint density at radius 3 is 2.63 bits per heavy atom. The maximum absolute atomic E-state index is 12.3. The van der Waals surface area contributed by atoms with Crippen LogP contribution in [0.2, 0.25) is 10.0 Å². The number of halogens is 2. The van der Waals surface area contributed by atoms with Gasteiger partial charge < -0.3 is 9.64 Å². The van der Waals surface area contributed by atoms with E-state index in [0.29, 0.717) is 29.4 Å². The van der Waals surface area contributed by atoms with Gasteiger partial charge >= 0.3 is 0 Å². The van der Waals surface area contributed by atoms with E-state index in [0.717, 1.165) is 28.9 Å². The minimum absolute atomic E-state index is 0.103. The van der Waals surface area contributed by atoms with Gasteiger partial charge in [-0.2, -0.15) is 10.2 Å². The number of aromatic nitrogens is 1. The van der Waals surface area contributed by atoms with Gasteiger partial charge in [0.2, 0.25) is 5.91 Å². The van der Waals surface area contributed by atoms with Crippen LogP contribution in [0.25, 0.3) is 0 Å². The van der Waals surface area contributed by atoms with Crippen LogP contribution in [0.1, 0.15) is 41.7 Å². The fraction of sp³-hybridized carbons (Fsp3) is 0.368. The van der Waals surface area contributed by atoms with Gasteiger partial charge in [0.1, 0.15) is 11.8 Å². The summed E-state index contributed by atoms with van der Waals surface area (Å²) < 4.78 is 5.38. The second kappa shape index (κ2) is 7.44. The number of fused-ring (bicyclic) bond motifs is 1. The third-order valence-electron chi connectivity index (χ3n) is 5.00. The van der Waals surface area contributed by atoms with E-state index >= 15 is 0 Å². The molecule has 27 heavy (non-hydrogen) atoms. The van der Waals surface area contributed by atoms with Gasteiger partial charge in [-0.25, -0.2) is 0 Å². The molecule has 2 atom stereocenters. The van der Waals surface area contributed by atoms with Gasteiger partial charge in [-0.1, -0.05) is 29.3 Å². The predicted octanol–water partition coefficient (Wildman–Crippen LogP) is 4.77. The van der Waals surface area contributed by atoms with Crippen molar-refractivity contribution in [2.75, 3.05) is 13.7 Å². The first-order valence-electron chi connectivity index (χ1n) is 8.73. The summed E-state index contributed by atoms with van der Waals surface area (Å²) in [6, 6.07) is 5.57. The maximum Gasteiger partial charge on any atom is 0.224 e. The Morgan fingerprint density at radius 1 is 1.19 bits per heavy atom. The topological polar surface area (TPSA) is 67.2 Å². The number of amides is 1. The fourth-order valence-corrected chi connectivity index (χ4v) is 4.13. The lowest BCUT2D eigenvalue weighted by molar-refractivity contribution is -0.129. The molecule has 6 nitrogen and oxygen atoms in total. The van der Waals surface area contributed by atoms with E-state index in [1.165, 1.54) is 0 Å². The van der Waals surface area contributed by atoms with Crippen molar-refractivity contribution in [1.29, 1.82) is 0 Å². The van der Waals surface area contributed by atoms with Gasteiger partial charge in [-0.05, 0) is 29.7 Å². The van der Waals surface area contributed by atoms with Gasteiger partial charge in [0.05, 0.1) is 17.2 Å². The Kier molecular flexibility index (Phi) is 5.02. The smallest absolute Gasteiger partial charge is 0.224 e. The largest absolute Gasteiger partial charge is 0.497 e. The number of carbonyl (C=O) groups excluding carboxylic acids is 1. The second-order valence-electron chi connectivity index (χ2n) is 6.59. The van der Waals surface area contributed by atoms with Crippen molar-refractivity contribution in [3.63, 3.8) is 0 Å². The van der Waals surface area contributed by atoms with Gasteiger partial charge in [0.15, 0.2) is 6.17 Å². The predicted molar refractivity (Wildman–Crippen MR) is 102 cm³/mol. The van der Waals surface area contributed by atoms with Gasteiger partial charge in [0, 0.05) is 37.3 Å². The van der Waals surface area contributed by atoms with Crippen LogP contribution in [0, 0.1) is 0 Å². The first-order valence-corrected chi connectivity index (χ1v) is 9.49. The third kappa shape index (κ3) is 3.39. The molecule has 8 heteroatoms. The lowest BCUT2D eigenvalue weighted by Crippen LogP contribution is -2.31. The van der Waals surface area contributed by atoms with E-state index in [4.69, 9.17) is 27.9 Å². The Labute approximate surface area is 167 Å². The molecule has 4 rings (SSSR count). The summed E-state index contributed by atoms with van der Waals surface area (Å²) in [6.45, 7) is 0.686. The molecule has 140 valence electrons. The van der Waals surface area contributed by atoms with E-state index < -0.39 is 6.17 Å². The molecule has 2 aliphatic rings. The van der Waals surface area contributed by atoms with Crippen molar-refractivity contribution in [3.8, 4) is 5.75 Å². The van der Waals surface area contributed by atoms with Crippen molar-refractivity contribution in [3.05, 3.63) is 57.3 Å². The number of hydrogen-bond acceptors (Lipinski definition) is 5. The van der Waals surface area contributed by atoms with Crippen molar-refractivity contribution in [1.82, 2.24) is 9.88 Å². The number of pyridine rings is 1. The minimum Gasteiger partial charge on any atom is -0.497 e. The first kappa shape index (κ1) is 18.2. The molecule has 3 heterocycles. The van der Waals surface area contributed by atoms with E-state index in [9.17, 15) is 4.79 Å². The number of hydrogen-bond donors (Lipinski definition) is 0. The standard InChI is InChI=1S/C19H18Cl2N4O2/c1-27-11-4-5-12-13(7-11)19(25-6-2-3-18(25)26)24-23-17(12)8-14-15(20)9-22-10-16(14)21/h4-5,7,9-10,17,19H,2-3,6,8H2,1H3. The number of methoxy groups -OCH3 is 1. The summed E-state index contributed by atoms with van der Waals surface area (Å²) >= 11 is 12.6. The zero-order chi connectivity index (χ0) is 19.0. The van der Waals surface area contributed by atoms with E-state index in [2.05, 4.69) is 15.2 Å². The van der Waals surface area contributed by atoms with Crippen molar-refractivity contribution >= 4 is 29.1 Å². The summed E-state index contributed by atoms with van der Waals surface area (Å²) in [4.78, 5) is 18.0. The highest BCUT2D eigenvalue weighted by Crippen LogP contribution is 2.42. The number of carbonyl (C=O) groups is 1. The van der Waals surface area contributed by atoms with Crippen LogP contribution < -0.4 is 4.74 Å². The molecule has 2 aliphatic heterocycles. The van der Waals surface area contributed by atoms with Crippen LogP contribution in [0.3, 0.4) is 0 Å². The molecular weight excluding hydrogens is 387 g/mol. The van der Waals surface area contributed by atoms with Crippen LogP contribution >= 0.6 is 23.2 Å². The number of azo groups is 1. The first-order chi connectivity index (χ1) is 13.1. The second-order valence-corrected chi connectivity index (χ2v) is 7.41. The molecule has 0 spiro atoms. The zero-order valence-electron chi connectivity index (χ0n) is 14.7. The molecule has 1 saturated heterocycles. The summed E-state index contributed by atoms with van der Waals surface area (Å²) in [5.74, 6) is 0.826. The quantitative estimate of drug-likeness (QED) is 0.736. The Hall–Kier alpha value is -2.18. The third-order valence-corrected chi connectivity index (χ3v) is 5.65. The summed E-state index contributed by atoms with van der Waals surface area (Å²) in [6.07, 6.45) is 4.63. The van der Waals surface area contributed by atoms with Crippen molar-refractivity contribution in [2.24, 2.45) is 10.2 Å². The SMILES string of the molecule is COc1ccc2c(c1)C(N1CCCC1=O)N=NC2Cc1c(Cl)cncc1Cl. The summed E-state index contributed by atoms with van der Waals surface area (Å²) in [5.41, 5.74) is 2.72. The molecule has 0 N–H and O–H groups in total. The lowest BCUT2D eigenvalue weighted by Gasteiger charge is -2.31. The van der Waals surface area contributed by atoms with Gasteiger partial charge in [-0.15, -0.1) is 0 Å². The minimum atomic E-state index is -0.412. The highest BCUT2D eigenvalue weighted by Gasteiger charge is 2.35. The van der Waals surface area contributed by atoms with Crippen molar-refractivity contribution in [2.45, 2.75) is 31.5 Å². The van der Waals surface area contributed by atoms with E-state index in [1.807, 2.05) is 18.2 Å². The molecule has 1 fully saturated rings. The monoisotopic (exact) mass is 404 g/mol. The summed E-state index contributed by atoms with van der Waals surface area (Å²) in [5, 5.41) is 10.0. The molecule has 0 radical (unpaired) electrons. The maximum atomic E-state index is 12.3. The van der Waals surface area contributed by atoms with Crippen LogP contribution in [-0.4, -0.2) is 29.4 Å². The number of ether oxygens (including phenoxy) is 1. The van der Waals surface area contributed by atoms with Crippen LogP contribution in [0.15, 0.2) is 40.8 Å². The molecule has 0 bridgehead atoms. The van der Waals surface area contributed by atoms with Crippen LogP contribution in [0.5, 0.6) is 5.75 Å². The van der Waals surface area contributed by atoms with E-state index in [-0.39, 0.29) is 11.9 Å². The number of likely N-dealkylation sites (tertiary alicyclic amines) is 1. The highest BCUT2D eigenvalue weighted by atomic mass is 35.5. The van der Waals surface area contributed by atoms with Gasteiger partial charge in [0.25, 0.3) is 0 Å². The molecular formula is C19H18Cl2N4O2. The Morgan fingerprint density at radius 2 is 1.96 bits per heavy atom. The number of rotatable bonds is 4. The molecule has 1 aromatic heterocycles. The number of nitrogens with zero attached hydrogens (tertiary/aromatic N) is 4. The number of benzene rings is 1. The Bertz CT molecular complexity index is 898. The van der Waals surface area contributed by atoms with E-state index in [1.54, 1.807) is 24.4 Å². The molecule has 0 saturated carbocycles. The van der Waals surface area contributed by atoms with Crippen LogP contribution in [0.4, 0.5) is 0 Å². The highest BCUT2D eigenvalue weighted by molar-refractivity contribution is 6.35. The average Bonchev–Trinajstić information content (AvgIpc) is 3.10. The fourth-order valence-electron chi connectivity index (χ4n) is 3.61. The average molecular weight is 405 g/mol. The molecule has 1 aromatic carbocycles. The summed E-state index contributed by atoms with van der Waals surface area (Å²) in [7, 11) is 1.62. The Balaban J connectivity index is 1.73. The van der Waals surface area contributed by atoms with Crippen LogP contribution in [-0.2, 0) is 11.2 Å². The molecule has 2 aromatic rings. The normalized spacial score (nSPS) is 21.4. The molecule has 2 unspecified atom stereocenters. The van der Waals surface area contributed by atoms with Crippen molar-refractivity contribution < 1.29 is 9.53 Å². The zero-order valence-corrected chi connectivity index (χ0v) is 16.2. The lowest BCUT2D eigenvalue weighted by atomic mass is 9.92. The van der Waals surface area contributed by atoms with Gasteiger partial charge in [-0.3, -0.25) is 9.78 Å². The molecule has 1 amide bonds.